The minimum atomic E-state index is -0.492. The number of hydrogen-bond acceptors (Lipinski definition) is 5. The number of nitrogens with one attached hydrogen (secondary N) is 2. The van der Waals surface area contributed by atoms with E-state index in [-0.39, 0.29) is 18.4 Å². The molecule has 160 valence electrons. The zero-order valence-electron chi connectivity index (χ0n) is 17.0. The molecule has 0 atom stereocenters. The lowest BCUT2D eigenvalue weighted by atomic mass is 10.1. The van der Waals surface area contributed by atoms with Gasteiger partial charge in [0.2, 0.25) is 5.91 Å². The van der Waals surface area contributed by atoms with Gasteiger partial charge in [-0.3, -0.25) is 9.59 Å². The summed E-state index contributed by atoms with van der Waals surface area (Å²) in [4.78, 5) is 37.4. The first-order valence-corrected chi connectivity index (χ1v) is 10.8. The Balaban J connectivity index is 1.83. The van der Waals surface area contributed by atoms with Crippen LogP contribution in [0, 0.1) is 0 Å². The van der Waals surface area contributed by atoms with Crippen molar-refractivity contribution < 1.29 is 19.1 Å². The quantitative estimate of drug-likeness (QED) is 0.482. The number of anilines is 1. The third-order valence-electron chi connectivity index (χ3n) is 4.33. The molecule has 8 heteroatoms. The number of carbonyl (C=O) groups is 3. The molecule has 1 aromatic heterocycles. The standard InChI is InChI=1S/C23H21ClN2O4S/c1-3-30-23(29)21-19(12-20(31-21)16-8-10-18(24)11-9-16)26-22(28)17-6-4-15(5-7-17)13-25-14(2)27/h4-12H,3,13H2,1-2H3,(H,25,27)(H,26,28). The van der Waals surface area contributed by atoms with Gasteiger partial charge in [-0.2, -0.15) is 0 Å². The summed E-state index contributed by atoms with van der Waals surface area (Å²) < 4.78 is 5.15. The van der Waals surface area contributed by atoms with E-state index in [4.69, 9.17) is 16.3 Å². The Morgan fingerprint density at radius 2 is 1.71 bits per heavy atom. The molecular weight excluding hydrogens is 436 g/mol. The van der Waals surface area contributed by atoms with Gasteiger partial charge in [0.25, 0.3) is 5.91 Å². The predicted molar refractivity (Wildman–Crippen MR) is 123 cm³/mol. The Labute approximate surface area is 189 Å². The zero-order valence-corrected chi connectivity index (χ0v) is 18.6. The molecule has 2 aromatic carbocycles. The van der Waals surface area contributed by atoms with Gasteiger partial charge in [0.05, 0.1) is 12.3 Å². The van der Waals surface area contributed by atoms with Gasteiger partial charge in [-0.15, -0.1) is 11.3 Å². The smallest absolute Gasteiger partial charge is 0.350 e. The van der Waals surface area contributed by atoms with Gasteiger partial charge < -0.3 is 15.4 Å². The monoisotopic (exact) mass is 456 g/mol. The summed E-state index contributed by atoms with van der Waals surface area (Å²) in [5.41, 5.74) is 2.57. The molecule has 3 rings (SSSR count). The van der Waals surface area contributed by atoms with Crippen molar-refractivity contribution in [3.05, 3.63) is 75.6 Å². The average Bonchev–Trinajstić information content (AvgIpc) is 3.17. The minimum Gasteiger partial charge on any atom is -0.462 e. The summed E-state index contributed by atoms with van der Waals surface area (Å²) in [5.74, 6) is -0.965. The van der Waals surface area contributed by atoms with Gasteiger partial charge in [-0.05, 0) is 48.4 Å². The number of ether oxygens (including phenoxy) is 1. The predicted octanol–water partition coefficient (Wildman–Crippen LogP) is 5.13. The van der Waals surface area contributed by atoms with Crippen molar-refractivity contribution >= 4 is 46.4 Å². The van der Waals surface area contributed by atoms with Crippen LogP contribution in [-0.2, 0) is 16.1 Å². The van der Waals surface area contributed by atoms with Gasteiger partial charge >= 0.3 is 5.97 Å². The highest BCUT2D eigenvalue weighted by atomic mass is 35.5. The number of thiophene rings is 1. The van der Waals surface area contributed by atoms with Crippen LogP contribution < -0.4 is 10.6 Å². The average molecular weight is 457 g/mol. The molecule has 0 saturated heterocycles. The highest BCUT2D eigenvalue weighted by Gasteiger charge is 2.20. The summed E-state index contributed by atoms with van der Waals surface area (Å²) >= 11 is 7.20. The number of benzene rings is 2. The lowest BCUT2D eigenvalue weighted by Crippen LogP contribution is -2.19. The fourth-order valence-corrected chi connectivity index (χ4v) is 3.92. The number of carbonyl (C=O) groups excluding carboxylic acids is 3. The number of esters is 1. The first-order chi connectivity index (χ1) is 14.9. The first-order valence-electron chi connectivity index (χ1n) is 9.59. The van der Waals surface area contributed by atoms with Crippen molar-refractivity contribution in [2.24, 2.45) is 0 Å². The van der Waals surface area contributed by atoms with E-state index in [0.29, 0.717) is 27.7 Å². The van der Waals surface area contributed by atoms with E-state index in [1.54, 1.807) is 49.4 Å². The largest absolute Gasteiger partial charge is 0.462 e. The highest BCUT2D eigenvalue weighted by molar-refractivity contribution is 7.18. The second kappa shape index (κ2) is 10.2. The molecule has 0 unspecified atom stereocenters. The molecule has 0 bridgehead atoms. The van der Waals surface area contributed by atoms with Crippen LogP contribution in [0.25, 0.3) is 10.4 Å². The van der Waals surface area contributed by atoms with Gasteiger partial charge in [0.15, 0.2) is 0 Å². The van der Waals surface area contributed by atoms with Gasteiger partial charge in [-0.1, -0.05) is 35.9 Å². The molecule has 0 radical (unpaired) electrons. The molecule has 0 aliphatic carbocycles. The van der Waals surface area contributed by atoms with Crippen LogP contribution in [0.5, 0.6) is 0 Å². The van der Waals surface area contributed by atoms with Crippen molar-refractivity contribution in [3.8, 4) is 10.4 Å². The fraction of sp³-hybridized carbons (Fsp3) is 0.174. The molecular formula is C23H21ClN2O4S. The van der Waals surface area contributed by atoms with Crippen LogP contribution in [0.4, 0.5) is 5.69 Å². The van der Waals surface area contributed by atoms with E-state index in [9.17, 15) is 14.4 Å². The van der Waals surface area contributed by atoms with E-state index in [1.807, 2.05) is 12.1 Å². The van der Waals surface area contributed by atoms with Crippen molar-refractivity contribution in [2.45, 2.75) is 20.4 Å². The van der Waals surface area contributed by atoms with E-state index < -0.39 is 5.97 Å². The molecule has 0 aliphatic rings. The van der Waals surface area contributed by atoms with Crippen LogP contribution >= 0.6 is 22.9 Å². The number of rotatable bonds is 7. The molecule has 0 spiro atoms. The van der Waals surface area contributed by atoms with Crippen LogP contribution in [-0.4, -0.2) is 24.4 Å². The minimum absolute atomic E-state index is 0.123. The van der Waals surface area contributed by atoms with Gasteiger partial charge in [0.1, 0.15) is 4.88 Å². The maximum absolute atomic E-state index is 12.8. The molecule has 6 nitrogen and oxygen atoms in total. The van der Waals surface area contributed by atoms with E-state index in [1.165, 1.54) is 18.3 Å². The van der Waals surface area contributed by atoms with E-state index in [0.717, 1.165) is 16.0 Å². The summed E-state index contributed by atoms with van der Waals surface area (Å²) in [6.07, 6.45) is 0. The zero-order chi connectivity index (χ0) is 22.4. The molecule has 2 amide bonds. The summed E-state index contributed by atoms with van der Waals surface area (Å²) in [6, 6.07) is 15.9. The number of halogens is 1. The number of amides is 2. The maximum atomic E-state index is 12.8. The van der Waals surface area contributed by atoms with Gasteiger partial charge in [0, 0.05) is 28.9 Å². The van der Waals surface area contributed by atoms with Gasteiger partial charge in [-0.25, -0.2) is 4.79 Å². The lowest BCUT2D eigenvalue weighted by molar-refractivity contribution is -0.119. The Morgan fingerprint density at radius 1 is 1.03 bits per heavy atom. The SMILES string of the molecule is CCOC(=O)c1sc(-c2ccc(Cl)cc2)cc1NC(=O)c1ccc(CNC(C)=O)cc1. The Bertz CT molecular complexity index is 1090. The molecule has 2 N–H and O–H groups in total. The lowest BCUT2D eigenvalue weighted by Gasteiger charge is -2.07. The molecule has 0 saturated carbocycles. The second-order valence-electron chi connectivity index (χ2n) is 6.64. The Kier molecular flexibility index (Phi) is 7.44. The first kappa shape index (κ1) is 22.5. The molecule has 0 fully saturated rings. The Hall–Kier alpha value is -3.16. The third kappa shape index (κ3) is 5.93. The summed E-state index contributed by atoms with van der Waals surface area (Å²) in [7, 11) is 0. The van der Waals surface area contributed by atoms with Crippen LogP contribution in [0.2, 0.25) is 5.02 Å². The van der Waals surface area contributed by atoms with Crippen LogP contribution in [0.15, 0.2) is 54.6 Å². The molecule has 31 heavy (non-hydrogen) atoms. The highest BCUT2D eigenvalue weighted by Crippen LogP contribution is 2.36. The van der Waals surface area contributed by atoms with Crippen LogP contribution in [0.3, 0.4) is 0 Å². The molecule has 1 heterocycles. The Morgan fingerprint density at radius 3 is 2.32 bits per heavy atom. The van der Waals surface area contributed by atoms with Crippen molar-refractivity contribution in [1.29, 1.82) is 0 Å². The third-order valence-corrected chi connectivity index (χ3v) is 5.74. The van der Waals surface area contributed by atoms with E-state index >= 15 is 0 Å². The molecule has 3 aromatic rings. The second-order valence-corrected chi connectivity index (χ2v) is 8.13. The topological polar surface area (TPSA) is 84.5 Å². The van der Waals surface area contributed by atoms with Crippen LogP contribution in [0.1, 0.15) is 39.4 Å². The summed E-state index contributed by atoms with van der Waals surface area (Å²) in [6.45, 7) is 3.80. The molecule has 0 aliphatic heterocycles. The van der Waals surface area contributed by atoms with Crippen molar-refractivity contribution in [1.82, 2.24) is 5.32 Å². The fourth-order valence-electron chi connectivity index (χ4n) is 2.78. The normalized spacial score (nSPS) is 10.4. The summed E-state index contributed by atoms with van der Waals surface area (Å²) in [5, 5.41) is 6.13. The number of hydrogen-bond donors (Lipinski definition) is 2. The maximum Gasteiger partial charge on any atom is 0.350 e. The van der Waals surface area contributed by atoms with E-state index in [2.05, 4.69) is 10.6 Å². The van der Waals surface area contributed by atoms with Crippen molar-refractivity contribution in [3.63, 3.8) is 0 Å². The van der Waals surface area contributed by atoms with Crippen molar-refractivity contribution in [2.75, 3.05) is 11.9 Å².